The van der Waals surface area contributed by atoms with Crippen molar-refractivity contribution in [3.05, 3.63) is 29.1 Å². The summed E-state index contributed by atoms with van der Waals surface area (Å²) in [5.74, 6) is -0.310. The maximum absolute atomic E-state index is 15.3. The number of halogens is 1. The summed E-state index contributed by atoms with van der Waals surface area (Å²) in [6.07, 6.45) is 6.70. The van der Waals surface area contributed by atoms with Crippen LogP contribution in [-0.4, -0.2) is 23.7 Å². The van der Waals surface area contributed by atoms with Crippen LogP contribution in [0.1, 0.15) is 104 Å². The molecular weight excluding hydrogens is 421 g/mol. The van der Waals surface area contributed by atoms with E-state index in [2.05, 4.69) is 5.32 Å². The van der Waals surface area contributed by atoms with E-state index in [1.807, 2.05) is 47.6 Å². The molecule has 33 heavy (non-hydrogen) atoms. The Kier molecular flexibility index (Phi) is 7.75. The van der Waals surface area contributed by atoms with E-state index < -0.39 is 17.1 Å². The van der Waals surface area contributed by atoms with Crippen LogP contribution in [0.15, 0.2) is 12.1 Å². The van der Waals surface area contributed by atoms with Crippen molar-refractivity contribution >= 4 is 12.1 Å². The lowest BCUT2D eigenvalue weighted by molar-refractivity contribution is -0.144. The summed E-state index contributed by atoms with van der Waals surface area (Å²) in [5.41, 5.74) is 0.331. The van der Waals surface area contributed by atoms with E-state index in [1.165, 1.54) is 6.07 Å². The van der Waals surface area contributed by atoms with Crippen molar-refractivity contribution < 1.29 is 23.5 Å². The average Bonchev–Trinajstić information content (AvgIpc) is 2.67. The van der Waals surface area contributed by atoms with Crippen LogP contribution in [0, 0.1) is 17.2 Å². The number of esters is 1. The zero-order valence-corrected chi connectivity index (χ0v) is 21.1. The Morgan fingerprint density at radius 3 is 2.45 bits per heavy atom. The minimum atomic E-state index is -0.632. The lowest BCUT2D eigenvalue weighted by Gasteiger charge is -2.42. The first kappa shape index (κ1) is 25.5. The molecule has 3 rings (SSSR count). The van der Waals surface area contributed by atoms with Gasteiger partial charge in [0.2, 0.25) is 0 Å². The molecule has 0 heterocycles. The first-order chi connectivity index (χ1) is 15.4. The number of carbonyl (C=O) groups is 2. The van der Waals surface area contributed by atoms with Crippen molar-refractivity contribution in [3.8, 4) is 5.75 Å². The normalized spacial score (nSPS) is 23.1. The van der Waals surface area contributed by atoms with Crippen LogP contribution < -0.4 is 10.1 Å². The number of alkyl carbamates (subject to hydrolysis) is 1. The molecule has 1 N–H and O–H groups in total. The van der Waals surface area contributed by atoms with Gasteiger partial charge in [-0.1, -0.05) is 32.6 Å². The summed E-state index contributed by atoms with van der Waals surface area (Å²) in [6.45, 7) is 11.3. The second-order valence-corrected chi connectivity index (χ2v) is 11.4. The fourth-order valence-electron chi connectivity index (χ4n) is 5.35. The second-order valence-electron chi connectivity index (χ2n) is 11.4. The van der Waals surface area contributed by atoms with Gasteiger partial charge in [-0.05, 0) is 83.4 Å². The van der Waals surface area contributed by atoms with Gasteiger partial charge in [-0.25, -0.2) is 9.18 Å². The monoisotopic (exact) mass is 461 g/mol. The zero-order valence-electron chi connectivity index (χ0n) is 21.1. The quantitative estimate of drug-likeness (QED) is 0.393. The lowest BCUT2D eigenvalue weighted by atomic mass is 9.68. The van der Waals surface area contributed by atoms with Crippen molar-refractivity contribution in [2.45, 2.75) is 110 Å². The number of ether oxygens (including phenoxy) is 2. The van der Waals surface area contributed by atoms with Gasteiger partial charge in [0, 0.05) is 18.0 Å². The Morgan fingerprint density at radius 1 is 1.09 bits per heavy atom. The summed E-state index contributed by atoms with van der Waals surface area (Å²) >= 11 is 0. The molecule has 184 valence electrons. The predicted octanol–water partition coefficient (Wildman–Crippen LogP) is 6.67. The van der Waals surface area contributed by atoms with Crippen LogP contribution in [0.4, 0.5) is 9.18 Å². The van der Waals surface area contributed by atoms with Gasteiger partial charge in [0.15, 0.2) is 0 Å². The van der Waals surface area contributed by atoms with Crippen LogP contribution in [0.3, 0.4) is 0 Å². The minimum Gasteiger partial charge on any atom is -0.444 e. The van der Waals surface area contributed by atoms with E-state index in [4.69, 9.17) is 9.47 Å². The highest BCUT2D eigenvalue weighted by atomic mass is 19.1. The number of nitrogens with one attached hydrogen (secondary N) is 1. The average molecular weight is 462 g/mol. The first-order valence-corrected chi connectivity index (χ1v) is 12.5. The van der Waals surface area contributed by atoms with Gasteiger partial charge in [0.1, 0.15) is 17.2 Å². The van der Waals surface area contributed by atoms with Gasteiger partial charge < -0.3 is 14.8 Å². The van der Waals surface area contributed by atoms with Crippen LogP contribution in [0.5, 0.6) is 5.75 Å². The van der Waals surface area contributed by atoms with Crippen LogP contribution >= 0.6 is 0 Å². The molecule has 0 spiro atoms. The molecule has 6 heteroatoms. The maximum atomic E-state index is 15.3. The molecule has 2 bridgehead atoms. The van der Waals surface area contributed by atoms with E-state index in [9.17, 15) is 9.59 Å². The number of fused-ring (bicyclic) bond motifs is 4. The molecule has 0 aromatic heterocycles. The summed E-state index contributed by atoms with van der Waals surface area (Å²) in [7, 11) is 0. The molecule has 2 aliphatic rings. The summed E-state index contributed by atoms with van der Waals surface area (Å²) in [6, 6.07) is 3.04. The number of benzene rings is 1. The minimum absolute atomic E-state index is 0.0385. The lowest BCUT2D eigenvalue weighted by Crippen LogP contribution is -2.49. The van der Waals surface area contributed by atoms with E-state index in [-0.39, 0.29) is 35.4 Å². The molecular formula is C27H40FNO4. The Hall–Kier alpha value is -2.11. The molecule has 2 aliphatic carbocycles. The third-order valence-electron chi connectivity index (χ3n) is 6.92. The highest BCUT2D eigenvalue weighted by Crippen LogP contribution is 2.44. The molecule has 1 aromatic rings. The molecule has 1 aromatic carbocycles. The topological polar surface area (TPSA) is 64.6 Å². The van der Waals surface area contributed by atoms with E-state index in [1.54, 1.807) is 0 Å². The van der Waals surface area contributed by atoms with Crippen molar-refractivity contribution in [1.29, 1.82) is 0 Å². The molecule has 1 fully saturated rings. The molecule has 1 amide bonds. The van der Waals surface area contributed by atoms with Crippen molar-refractivity contribution in [2.24, 2.45) is 11.3 Å². The van der Waals surface area contributed by atoms with E-state index >= 15 is 4.39 Å². The SMILES string of the molecule is CCCC(C)(C)C(=O)Oc1cc(F)c2c(c1)C1CCCCCC(C2)C1NC(=O)OC(C)(C)C. The third kappa shape index (κ3) is 6.27. The van der Waals surface area contributed by atoms with Gasteiger partial charge in [0.05, 0.1) is 5.41 Å². The smallest absolute Gasteiger partial charge is 0.407 e. The molecule has 1 saturated carbocycles. The van der Waals surface area contributed by atoms with Gasteiger partial charge in [-0.3, -0.25) is 4.79 Å². The van der Waals surface area contributed by atoms with Crippen molar-refractivity contribution in [3.63, 3.8) is 0 Å². The number of rotatable bonds is 5. The summed E-state index contributed by atoms with van der Waals surface area (Å²) < 4.78 is 26.5. The molecule has 3 atom stereocenters. The largest absolute Gasteiger partial charge is 0.444 e. The van der Waals surface area contributed by atoms with Gasteiger partial charge in [-0.2, -0.15) is 0 Å². The summed E-state index contributed by atoms with van der Waals surface area (Å²) in [4.78, 5) is 25.4. The zero-order chi connectivity index (χ0) is 24.4. The van der Waals surface area contributed by atoms with E-state index in [0.717, 1.165) is 44.1 Å². The standard InChI is InChI=1S/C27H40FNO4/c1-7-13-27(5,6)24(30)32-18-15-20-19-12-10-8-9-11-17(14-21(20)22(28)16-18)23(19)29-25(31)33-26(2,3)4/h15-17,19,23H,7-14H2,1-6H3,(H,29,31). The summed E-state index contributed by atoms with van der Waals surface area (Å²) in [5, 5.41) is 3.12. The van der Waals surface area contributed by atoms with Gasteiger partial charge >= 0.3 is 12.1 Å². The molecule has 0 saturated heterocycles. The van der Waals surface area contributed by atoms with Crippen molar-refractivity contribution in [1.82, 2.24) is 5.32 Å². The third-order valence-corrected chi connectivity index (χ3v) is 6.92. The van der Waals surface area contributed by atoms with E-state index in [0.29, 0.717) is 18.4 Å². The Balaban J connectivity index is 1.92. The maximum Gasteiger partial charge on any atom is 0.407 e. The molecule has 3 unspecified atom stereocenters. The Labute approximate surface area is 197 Å². The number of amides is 1. The van der Waals surface area contributed by atoms with Gasteiger partial charge in [-0.15, -0.1) is 0 Å². The fraction of sp³-hybridized carbons (Fsp3) is 0.704. The Bertz CT molecular complexity index is 874. The number of hydrogen-bond acceptors (Lipinski definition) is 4. The second kappa shape index (κ2) is 10.0. The highest BCUT2D eigenvalue weighted by Gasteiger charge is 2.40. The van der Waals surface area contributed by atoms with Crippen molar-refractivity contribution in [2.75, 3.05) is 0 Å². The first-order valence-electron chi connectivity index (χ1n) is 12.5. The molecule has 0 radical (unpaired) electrons. The van der Waals surface area contributed by atoms with Crippen LogP contribution in [-0.2, 0) is 16.0 Å². The molecule has 0 aliphatic heterocycles. The van der Waals surface area contributed by atoms with Gasteiger partial charge in [0.25, 0.3) is 0 Å². The van der Waals surface area contributed by atoms with Crippen LogP contribution in [0.2, 0.25) is 0 Å². The van der Waals surface area contributed by atoms with Crippen LogP contribution in [0.25, 0.3) is 0 Å². The molecule has 5 nitrogen and oxygen atoms in total. The predicted molar refractivity (Wildman–Crippen MR) is 127 cm³/mol. The highest BCUT2D eigenvalue weighted by molar-refractivity contribution is 5.78. The number of carbonyl (C=O) groups excluding carboxylic acids is 2. The fourth-order valence-corrected chi connectivity index (χ4v) is 5.35. The Morgan fingerprint density at radius 2 is 1.79 bits per heavy atom. The number of hydrogen-bond donors (Lipinski definition) is 1.